The molecule has 0 aromatic rings. The molecule has 3 N–H and O–H groups in total. The maximum atomic E-state index is 13.1. The van der Waals surface area contributed by atoms with Crippen LogP contribution < -0.4 is 5.32 Å². The Kier molecular flexibility index (Phi) is 40.8. The second-order valence-electron chi connectivity index (χ2n) is 15.6. The first-order valence-electron chi connectivity index (χ1n) is 23.1. The van der Waals surface area contributed by atoms with E-state index >= 15 is 0 Å². The first-order chi connectivity index (χ1) is 27.0. The maximum Gasteiger partial charge on any atom is 0.306 e. The van der Waals surface area contributed by atoms with Crippen LogP contribution in [0.25, 0.3) is 0 Å². The first-order valence-corrected chi connectivity index (χ1v) is 23.1. The summed E-state index contributed by atoms with van der Waals surface area (Å²) in [6, 6.07) is -0.737. The predicted molar refractivity (Wildman–Crippen MR) is 236 cm³/mol. The molecule has 0 aliphatic heterocycles. The van der Waals surface area contributed by atoms with E-state index in [0.717, 1.165) is 44.9 Å². The van der Waals surface area contributed by atoms with Crippen LogP contribution in [0.2, 0.25) is 0 Å². The largest absolute Gasteiger partial charge is 0.461 e. The van der Waals surface area contributed by atoms with E-state index < -0.39 is 18.2 Å². The van der Waals surface area contributed by atoms with Crippen molar-refractivity contribution in [1.82, 2.24) is 5.32 Å². The summed E-state index contributed by atoms with van der Waals surface area (Å²) in [6.07, 6.45) is 51.6. The van der Waals surface area contributed by atoms with Crippen LogP contribution in [0.4, 0.5) is 0 Å². The molecule has 6 heteroatoms. The minimum Gasteiger partial charge on any atom is -0.461 e. The molecule has 0 saturated heterocycles. The molecule has 318 valence electrons. The molecule has 0 heterocycles. The number of carbonyl (C=O) groups excluding carboxylic acids is 2. The van der Waals surface area contributed by atoms with Crippen molar-refractivity contribution in [1.29, 1.82) is 0 Å². The highest BCUT2D eigenvalue weighted by atomic mass is 16.5. The summed E-state index contributed by atoms with van der Waals surface area (Å²) in [7, 11) is 0. The third-order valence-corrected chi connectivity index (χ3v) is 10.2. The van der Waals surface area contributed by atoms with Crippen LogP contribution in [-0.4, -0.2) is 46.9 Å². The van der Waals surface area contributed by atoms with E-state index in [1.807, 2.05) is 54.7 Å². The van der Waals surface area contributed by atoms with Gasteiger partial charge in [0, 0.05) is 12.8 Å². The van der Waals surface area contributed by atoms with Gasteiger partial charge in [-0.3, -0.25) is 9.59 Å². The van der Waals surface area contributed by atoms with Crippen LogP contribution in [0.3, 0.4) is 0 Å². The lowest BCUT2D eigenvalue weighted by molar-refractivity contribution is -0.150. The molecule has 0 bridgehead atoms. The molecule has 0 rings (SSSR count). The zero-order valence-electron chi connectivity index (χ0n) is 36.0. The van der Waals surface area contributed by atoms with E-state index in [-0.39, 0.29) is 24.9 Å². The molecule has 0 fully saturated rings. The topological polar surface area (TPSA) is 95.9 Å². The first kappa shape index (κ1) is 52.6. The smallest absolute Gasteiger partial charge is 0.306 e. The number of aliphatic hydroxyl groups is 2. The quantitative estimate of drug-likeness (QED) is 0.0328. The number of aliphatic hydroxyl groups excluding tert-OH is 2. The number of nitrogens with one attached hydrogen (secondary N) is 1. The zero-order valence-corrected chi connectivity index (χ0v) is 36.0. The van der Waals surface area contributed by atoms with Crippen molar-refractivity contribution in [3.63, 3.8) is 0 Å². The van der Waals surface area contributed by atoms with E-state index in [1.54, 1.807) is 0 Å². The number of unbranched alkanes of at least 4 members (excludes halogenated alkanes) is 23. The number of amides is 1. The Morgan fingerprint density at radius 2 is 0.945 bits per heavy atom. The summed E-state index contributed by atoms with van der Waals surface area (Å²) >= 11 is 0. The van der Waals surface area contributed by atoms with Crippen molar-refractivity contribution in [2.75, 3.05) is 6.61 Å². The molecular formula is C49H87NO5. The van der Waals surface area contributed by atoms with Gasteiger partial charge < -0.3 is 20.3 Å². The molecule has 0 saturated carbocycles. The van der Waals surface area contributed by atoms with Crippen molar-refractivity contribution < 1.29 is 24.5 Å². The van der Waals surface area contributed by atoms with Gasteiger partial charge >= 0.3 is 5.97 Å². The summed E-state index contributed by atoms with van der Waals surface area (Å²) in [4.78, 5) is 25.9. The Morgan fingerprint density at radius 1 is 0.545 bits per heavy atom. The molecule has 0 aliphatic rings. The average Bonchev–Trinajstić information content (AvgIpc) is 3.18. The lowest BCUT2D eigenvalue weighted by Crippen LogP contribution is -2.46. The summed E-state index contributed by atoms with van der Waals surface area (Å²) in [5.74, 6) is -0.608. The molecule has 0 spiro atoms. The molecule has 0 aromatic carbocycles. The number of ether oxygens (including phenoxy) is 1. The van der Waals surface area contributed by atoms with Crippen LogP contribution in [0.5, 0.6) is 0 Å². The Morgan fingerprint density at radius 3 is 1.38 bits per heavy atom. The van der Waals surface area contributed by atoms with Gasteiger partial charge in [0.25, 0.3) is 0 Å². The monoisotopic (exact) mass is 770 g/mol. The molecule has 0 aliphatic carbocycles. The van der Waals surface area contributed by atoms with Crippen LogP contribution in [0, 0.1) is 0 Å². The molecule has 55 heavy (non-hydrogen) atoms. The molecule has 6 nitrogen and oxygen atoms in total. The van der Waals surface area contributed by atoms with Gasteiger partial charge in [-0.15, -0.1) is 0 Å². The summed E-state index contributed by atoms with van der Waals surface area (Å²) in [6.45, 7) is 6.28. The second kappa shape index (κ2) is 42.7. The average molecular weight is 770 g/mol. The van der Waals surface area contributed by atoms with Gasteiger partial charge in [-0.05, 0) is 19.3 Å². The number of carbonyl (C=O) groups is 2. The van der Waals surface area contributed by atoms with Gasteiger partial charge in [-0.2, -0.15) is 0 Å². The van der Waals surface area contributed by atoms with E-state index in [2.05, 4.69) is 32.2 Å². The molecule has 1 amide bonds. The molecule has 3 atom stereocenters. The summed E-state index contributed by atoms with van der Waals surface area (Å²) in [5.41, 5.74) is 0. The summed E-state index contributed by atoms with van der Waals surface area (Å²) < 4.78 is 5.81. The van der Waals surface area contributed by atoms with E-state index in [4.69, 9.17) is 4.74 Å². The van der Waals surface area contributed by atoms with Gasteiger partial charge in [-0.25, -0.2) is 0 Å². The number of rotatable bonds is 40. The predicted octanol–water partition coefficient (Wildman–Crippen LogP) is 13.3. The highest BCUT2D eigenvalue weighted by Gasteiger charge is 2.23. The van der Waals surface area contributed by atoms with Crippen LogP contribution >= 0.6 is 0 Å². The molecule has 3 unspecified atom stereocenters. The molecule has 0 aromatic heterocycles. The number of esters is 1. The Balaban J connectivity index is 4.67. The third kappa shape index (κ3) is 38.2. The van der Waals surface area contributed by atoms with E-state index in [1.165, 1.54) is 122 Å². The van der Waals surface area contributed by atoms with Crippen LogP contribution in [0.15, 0.2) is 60.8 Å². The Labute approximate surface area is 339 Å². The van der Waals surface area contributed by atoms with Crippen molar-refractivity contribution >= 4 is 11.9 Å². The summed E-state index contributed by atoms with van der Waals surface area (Å²) in [5, 5.41) is 23.6. The SMILES string of the molecule is CC/C=C/C=C/C=C\C=C/C=C/CC(CC(=O)NC(CO)C(O)CCCCCCCCCCCCCCCC)OC(=O)CCCCCCCCCCCCC. The molecular weight excluding hydrogens is 683 g/mol. The maximum absolute atomic E-state index is 13.1. The zero-order chi connectivity index (χ0) is 40.3. The highest BCUT2D eigenvalue weighted by Crippen LogP contribution is 2.16. The fourth-order valence-corrected chi connectivity index (χ4v) is 6.75. The fraction of sp³-hybridized carbons (Fsp3) is 0.755. The highest BCUT2D eigenvalue weighted by molar-refractivity contribution is 5.77. The lowest BCUT2D eigenvalue weighted by atomic mass is 10.0. The minimum atomic E-state index is -0.816. The third-order valence-electron chi connectivity index (χ3n) is 10.2. The van der Waals surface area contributed by atoms with Gasteiger partial charge in [-0.1, -0.05) is 236 Å². The normalized spacial score (nSPS) is 13.9. The molecule has 0 radical (unpaired) electrons. The second-order valence-corrected chi connectivity index (χ2v) is 15.6. The van der Waals surface area contributed by atoms with Crippen molar-refractivity contribution in [2.24, 2.45) is 0 Å². The number of hydrogen-bond donors (Lipinski definition) is 3. The Bertz CT molecular complexity index is 999. The van der Waals surface area contributed by atoms with Gasteiger partial charge in [0.15, 0.2) is 0 Å². The van der Waals surface area contributed by atoms with Crippen molar-refractivity contribution in [2.45, 2.75) is 232 Å². The van der Waals surface area contributed by atoms with Crippen LogP contribution in [-0.2, 0) is 14.3 Å². The number of hydrogen-bond acceptors (Lipinski definition) is 5. The Hall–Kier alpha value is -2.44. The van der Waals surface area contributed by atoms with Crippen molar-refractivity contribution in [3.05, 3.63) is 60.8 Å². The van der Waals surface area contributed by atoms with Gasteiger partial charge in [0.1, 0.15) is 6.10 Å². The minimum absolute atomic E-state index is 0.0178. The van der Waals surface area contributed by atoms with Crippen LogP contribution in [0.1, 0.15) is 213 Å². The van der Waals surface area contributed by atoms with E-state index in [9.17, 15) is 19.8 Å². The fourth-order valence-electron chi connectivity index (χ4n) is 6.75. The number of allylic oxidation sites excluding steroid dienone is 9. The van der Waals surface area contributed by atoms with Gasteiger partial charge in [0.2, 0.25) is 5.91 Å². The van der Waals surface area contributed by atoms with Crippen molar-refractivity contribution in [3.8, 4) is 0 Å². The lowest BCUT2D eigenvalue weighted by Gasteiger charge is -2.24. The van der Waals surface area contributed by atoms with Gasteiger partial charge in [0.05, 0.1) is 25.2 Å². The standard InChI is InChI=1S/C49H87NO5/c1-4-7-10-13-16-19-22-23-24-27-29-32-35-38-41-47(52)46(44-51)50-48(53)43-45(40-37-34-31-28-25-20-17-14-11-8-5-2)55-49(54)42-39-36-33-30-26-21-18-15-12-9-6-3/h8,11,14,17,20,25,28,31,34,37,45-47,51-52H,4-7,9-10,12-13,15-16,18-19,21-24,26-27,29-30,32-33,35-36,38-44H2,1-3H3,(H,50,53)/b11-8+,17-14+,25-20-,31-28-,37-34+. The van der Waals surface area contributed by atoms with E-state index in [0.29, 0.717) is 19.3 Å².